The van der Waals surface area contributed by atoms with E-state index in [0.717, 1.165) is 5.69 Å². The first-order chi connectivity index (χ1) is 11.5. The van der Waals surface area contributed by atoms with E-state index in [2.05, 4.69) is 4.98 Å². The van der Waals surface area contributed by atoms with Gasteiger partial charge in [0.2, 0.25) is 5.91 Å². The molecule has 2 aromatic rings. The van der Waals surface area contributed by atoms with Gasteiger partial charge in [-0.25, -0.2) is 0 Å². The second kappa shape index (κ2) is 8.60. The highest BCUT2D eigenvalue weighted by Crippen LogP contribution is 2.18. The highest BCUT2D eigenvalue weighted by Gasteiger charge is 2.18. The molecule has 0 aliphatic rings. The summed E-state index contributed by atoms with van der Waals surface area (Å²) < 4.78 is 0. The van der Waals surface area contributed by atoms with Crippen molar-refractivity contribution in [3.8, 4) is 0 Å². The Hall–Kier alpha value is -2.20. The van der Waals surface area contributed by atoms with Crippen LogP contribution in [0.1, 0.15) is 48.3 Å². The maximum atomic E-state index is 12.3. The van der Waals surface area contributed by atoms with Crippen LogP contribution in [-0.4, -0.2) is 28.6 Å². The number of halogens is 1. The van der Waals surface area contributed by atoms with Gasteiger partial charge in [0, 0.05) is 36.7 Å². The first kappa shape index (κ1) is 18.1. The minimum atomic E-state index is -0.0920. The molecule has 1 amide bonds. The number of Topliss-reactive ketones (excluding diaryl/α,β-unsaturated/α-hetero) is 1. The lowest BCUT2D eigenvalue weighted by Crippen LogP contribution is -2.30. The van der Waals surface area contributed by atoms with Gasteiger partial charge in [-0.15, -0.1) is 0 Å². The Morgan fingerprint density at radius 1 is 1.12 bits per heavy atom. The van der Waals surface area contributed by atoms with E-state index < -0.39 is 0 Å². The topological polar surface area (TPSA) is 50.3 Å². The fraction of sp³-hybridized carbons (Fsp3) is 0.316. The van der Waals surface area contributed by atoms with Crippen LogP contribution in [0, 0.1) is 0 Å². The second-order valence-corrected chi connectivity index (χ2v) is 6.16. The van der Waals surface area contributed by atoms with Crippen molar-refractivity contribution in [2.24, 2.45) is 0 Å². The van der Waals surface area contributed by atoms with E-state index in [1.165, 1.54) is 0 Å². The molecule has 0 aliphatic carbocycles. The van der Waals surface area contributed by atoms with Gasteiger partial charge in [0.15, 0.2) is 5.78 Å². The first-order valence-electron chi connectivity index (χ1n) is 7.94. The number of pyridine rings is 1. The van der Waals surface area contributed by atoms with Gasteiger partial charge in [-0.1, -0.05) is 17.7 Å². The molecular weight excluding hydrogens is 324 g/mol. The van der Waals surface area contributed by atoms with Crippen LogP contribution >= 0.6 is 11.6 Å². The van der Waals surface area contributed by atoms with Gasteiger partial charge in [0.25, 0.3) is 0 Å². The summed E-state index contributed by atoms with van der Waals surface area (Å²) in [4.78, 5) is 30.3. The highest BCUT2D eigenvalue weighted by molar-refractivity contribution is 6.30. The molecular formula is C19H21ClN2O2. The largest absolute Gasteiger partial charge is 0.337 e. The standard InChI is InChI=1S/C19H21ClN2O2/c1-14(17-6-3-4-13-21-17)22(2)19(24)8-5-7-18(23)15-9-11-16(20)12-10-15/h3-4,6,9-14H,5,7-8H2,1-2H3. The summed E-state index contributed by atoms with van der Waals surface area (Å²) in [5.41, 5.74) is 1.48. The van der Waals surface area contributed by atoms with Crippen molar-refractivity contribution in [2.45, 2.75) is 32.2 Å². The molecule has 1 heterocycles. The normalized spacial score (nSPS) is 11.8. The molecule has 24 heavy (non-hydrogen) atoms. The molecule has 0 radical (unpaired) electrons. The second-order valence-electron chi connectivity index (χ2n) is 5.72. The molecule has 0 saturated carbocycles. The number of carbonyl (C=O) groups excluding carboxylic acids is 2. The maximum absolute atomic E-state index is 12.3. The van der Waals surface area contributed by atoms with Crippen molar-refractivity contribution < 1.29 is 9.59 Å². The van der Waals surface area contributed by atoms with Crippen molar-refractivity contribution in [1.29, 1.82) is 0 Å². The third-order valence-electron chi connectivity index (χ3n) is 4.05. The number of aromatic nitrogens is 1. The van der Waals surface area contributed by atoms with E-state index in [9.17, 15) is 9.59 Å². The van der Waals surface area contributed by atoms with Crippen molar-refractivity contribution >= 4 is 23.3 Å². The lowest BCUT2D eigenvalue weighted by Gasteiger charge is -2.24. The number of ketones is 1. The van der Waals surface area contributed by atoms with Crippen LogP contribution in [0.4, 0.5) is 0 Å². The molecule has 0 fully saturated rings. The highest BCUT2D eigenvalue weighted by atomic mass is 35.5. The monoisotopic (exact) mass is 344 g/mol. The smallest absolute Gasteiger partial charge is 0.222 e. The molecule has 2 rings (SSSR count). The summed E-state index contributed by atoms with van der Waals surface area (Å²) in [6, 6.07) is 12.4. The number of amides is 1. The molecule has 5 heteroatoms. The van der Waals surface area contributed by atoms with Crippen molar-refractivity contribution in [2.75, 3.05) is 7.05 Å². The molecule has 0 aliphatic heterocycles. The molecule has 1 aromatic heterocycles. The Morgan fingerprint density at radius 2 is 1.83 bits per heavy atom. The van der Waals surface area contributed by atoms with Crippen LogP contribution in [0.5, 0.6) is 0 Å². The molecule has 0 bridgehead atoms. The molecule has 1 aromatic carbocycles. The third kappa shape index (κ3) is 4.90. The summed E-state index contributed by atoms with van der Waals surface area (Å²) in [6.45, 7) is 1.94. The molecule has 126 valence electrons. The van der Waals surface area contributed by atoms with Crippen LogP contribution in [-0.2, 0) is 4.79 Å². The number of rotatable bonds is 7. The van der Waals surface area contributed by atoms with Crippen molar-refractivity contribution in [3.63, 3.8) is 0 Å². The van der Waals surface area contributed by atoms with Gasteiger partial charge in [-0.2, -0.15) is 0 Å². The SMILES string of the molecule is CC(c1ccccn1)N(C)C(=O)CCCC(=O)c1ccc(Cl)cc1. The number of nitrogens with zero attached hydrogens (tertiary/aromatic N) is 2. The Kier molecular flexibility index (Phi) is 6.50. The zero-order chi connectivity index (χ0) is 17.5. The van der Waals surface area contributed by atoms with Crippen LogP contribution in [0.3, 0.4) is 0 Å². The lowest BCUT2D eigenvalue weighted by atomic mass is 10.0. The molecule has 4 nitrogen and oxygen atoms in total. The Labute approximate surface area is 147 Å². The summed E-state index contributed by atoms with van der Waals surface area (Å²) in [5, 5.41) is 0.604. The minimum absolute atomic E-state index is 0.0112. The maximum Gasteiger partial charge on any atom is 0.222 e. The van der Waals surface area contributed by atoms with Gasteiger partial charge in [-0.05, 0) is 49.7 Å². The third-order valence-corrected chi connectivity index (χ3v) is 4.30. The van der Waals surface area contributed by atoms with Gasteiger partial charge in [0.05, 0.1) is 11.7 Å². The Bertz CT molecular complexity index is 686. The molecule has 0 N–H and O–H groups in total. The van der Waals surface area contributed by atoms with E-state index in [1.807, 2.05) is 25.1 Å². The van der Waals surface area contributed by atoms with Crippen LogP contribution in [0.15, 0.2) is 48.7 Å². The minimum Gasteiger partial charge on any atom is -0.337 e. The summed E-state index contributed by atoms with van der Waals surface area (Å²) in [6.07, 6.45) is 2.93. The Balaban J connectivity index is 1.82. The predicted molar refractivity (Wildman–Crippen MR) is 95.1 cm³/mol. The summed E-state index contributed by atoms with van der Waals surface area (Å²) >= 11 is 5.81. The molecule has 1 unspecified atom stereocenters. The first-order valence-corrected chi connectivity index (χ1v) is 8.32. The quantitative estimate of drug-likeness (QED) is 0.703. The molecule has 1 atom stereocenters. The van der Waals surface area contributed by atoms with Gasteiger partial charge < -0.3 is 4.90 Å². The lowest BCUT2D eigenvalue weighted by molar-refractivity contribution is -0.131. The van der Waals surface area contributed by atoms with Crippen LogP contribution in [0.25, 0.3) is 0 Å². The zero-order valence-electron chi connectivity index (χ0n) is 13.9. The number of hydrogen-bond donors (Lipinski definition) is 0. The van der Waals surface area contributed by atoms with E-state index in [1.54, 1.807) is 42.4 Å². The number of benzene rings is 1. The summed E-state index contributed by atoms with van der Waals surface area (Å²) in [5.74, 6) is 0.0388. The van der Waals surface area contributed by atoms with E-state index in [0.29, 0.717) is 29.8 Å². The van der Waals surface area contributed by atoms with Gasteiger partial charge in [0.1, 0.15) is 0 Å². The fourth-order valence-electron chi connectivity index (χ4n) is 2.39. The molecule has 0 saturated heterocycles. The average molecular weight is 345 g/mol. The van der Waals surface area contributed by atoms with Crippen molar-refractivity contribution in [3.05, 3.63) is 64.9 Å². The summed E-state index contributed by atoms with van der Waals surface area (Å²) in [7, 11) is 1.77. The number of carbonyl (C=O) groups is 2. The van der Waals surface area contributed by atoms with Gasteiger partial charge in [-0.3, -0.25) is 14.6 Å². The van der Waals surface area contributed by atoms with E-state index in [4.69, 9.17) is 11.6 Å². The average Bonchev–Trinajstić information content (AvgIpc) is 2.61. The van der Waals surface area contributed by atoms with Crippen molar-refractivity contribution in [1.82, 2.24) is 9.88 Å². The predicted octanol–water partition coefficient (Wildman–Crippen LogP) is 4.31. The van der Waals surface area contributed by atoms with Crippen LogP contribution < -0.4 is 0 Å². The Morgan fingerprint density at radius 3 is 2.46 bits per heavy atom. The van der Waals surface area contributed by atoms with Crippen LogP contribution in [0.2, 0.25) is 5.02 Å². The molecule has 0 spiro atoms. The van der Waals surface area contributed by atoms with Gasteiger partial charge >= 0.3 is 0 Å². The fourth-order valence-corrected chi connectivity index (χ4v) is 2.52. The zero-order valence-corrected chi connectivity index (χ0v) is 14.7. The van der Waals surface area contributed by atoms with E-state index >= 15 is 0 Å². The number of hydrogen-bond acceptors (Lipinski definition) is 3. The van der Waals surface area contributed by atoms with E-state index in [-0.39, 0.29) is 17.7 Å².